The molecule has 14 nitrogen and oxygen atoms in total. The summed E-state index contributed by atoms with van der Waals surface area (Å²) < 4.78 is 20.2. The molecule has 2 aromatic carbocycles. The summed E-state index contributed by atoms with van der Waals surface area (Å²) in [5, 5.41) is 0.818. The van der Waals surface area contributed by atoms with E-state index < -0.39 is 48.8 Å². The molecule has 2 amide bonds. The summed E-state index contributed by atoms with van der Waals surface area (Å²) in [5.74, 6) is -1.47. The maximum Gasteiger partial charge on any atom is 0.413 e. The van der Waals surface area contributed by atoms with Crippen molar-refractivity contribution >= 4 is 104 Å². The van der Waals surface area contributed by atoms with E-state index in [-0.39, 0.29) is 11.6 Å². The van der Waals surface area contributed by atoms with E-state index in [1.54, 1.807) is 48.5 Å². The number of pyridine rings is 2. The number of esters is 2. The molecule has 2 aliphatic rings. The van der Waals surface area contributed by atoms with Gasteiger partial charge in [-0.25, -0.2) is 19.2 Å². The molecule has 4 aromatic rings. The third-order valence-electron chi connectivity index (χ3n) is 10.2. The molecule has 0 spiro atoms. The van der Waals surface area contributed by atoms with Crippen LogP contribution in [0.3, 0.4) is 0 Å². The number of rotatable bonds is 10. The van der Waals surface area contributed by atoms with Crippen LogP contribution >= 0.6 is 68.4 Å². The molecule has 2 aromatic heterocycles. The van der Waals surface area contributed by atoms with Gasteiger partial charge in [-0.1, -0.05) is 105 Å². The van der Waals surface area contributed by atoms with E-state index in [0.29, 0.717) is 58.0 Å². The van der Waals surface area contributed by atoms with E-state index >= 15 is 0 Å². The molecular formula is C44H48Cl2I2N4O10. The van der Waals surface area contributed by atoms with Gasteiger partial charge in [-0.15, -0.1) is 0 Å². The number of halogens is 4. The number of hydrogen-bond acceptors (Lipinski definition) is 12. The van der Waals surface area contributed by atoms with E-state index in [0.717, 1.165) is 25.7 Å². The lowest BCUT2D eigenvalue weighted by molar-refractivity contribution is -0.134. The highest BCUT2D eigenvalue weighted by atomic mass is 127. The Balaban J connectivity index is 0.000000306. The van der Waals surface area contributed by atoms with Crippen molar-refractivity contribution in [1.29, 1.82) is 0 Å². The van der Waals surface area contributed by atoms with Gasteiger partial charge in [0.25, 0.3) is 0 Å². The second kappa shape index (κ2) is 26.3. The van der Waals surface area contributed by atoms with Crippen LogP contribution in [0.15, 0.2) is 97.6 Å². The predicted octanol–water partition coefficient (Wildman–Crippen LogP) is 10.0. The number of ketones is 2. The molecule has 6 rings (SSSR count). The van der Waals surface area contributed by atoms with Gasteiger partial charge in [-0.05, 0) is 84.8 Å². The van der Waals surface area contributed by atoms with Crippen LogP contribution in [0, 0.1) is 0 Å². The van der Waals surface area contributed by atoms with Gasteiger partial charge in [0, 0.05) is 72.9 Å². The van der Waals surface area contributed by atoms with E-state index in [1.165, 1.54) is 72.9 Å². The fourth-order valence-electron chi connectivity index (χ4n) is 7.17. The zero-order valence-corrected chi connectivity index (χ0v) is 40.5. The molecule has 332 valence electrons. The van der Waals surface area contributed by atoms with E-state index in [1.807, 2.05) is 9.86 Å². The van der Waals surface area contributed by atoms with Crippen LogP contribution in [0.25, 0.3) is 0 Å². The van der Waals surface area contributed by atoms with Gasteiger partial charge < -0.3 is 18.9 Å². The maximum atomic E-state index is 13.0. The number of alkyl halides is 2. The zero-order chi connectivity index (χ0) is 45.7. The first-order valence-electron chi connectivity index (χ1n) is 19.2. The minimum Gasteiger partial charge on any atom is -0.424 e. The Morgan fingerprint density at radius 3 is 1.23 bits per heavy atom. The smallest absolute Gasteiger partial charge is 0.413 e. The average Bonchev–Trinajstić information content (AvgIpc) is 3.31. The van der Waals surface area contributed by atoms with Crippen LogP contribution in [0.1, 0.15) is 83.2 Å². The molecule has 2 aliphatic carbocycles. The molecule has 2 fully saturated rings. The molecule has 2 heterocycles. The number of aromatic nitrogens is 2. The van der Waals surface area contributed by atoms with E-state index in [4.69, 9.17) is 42.1 Å². The van der Waals surface area contributed by atoms with Gasteiger partial charge in [0.2, 0.25) is 13.6 Å². The molecule has 0 bridgehead atoms. The monoisotopic (exact) mass is 1120 g/mol. The SMILES string of the molecule is CI.CI.CN(C(=O)OCOC(=O)c1ccncc1)[C@@]1(c2ccccc2Cl)CCCCC1=O.CN(C(=O)OCOC(=O)c1ccncc1)[C@]1(c2ccccc2Cl)CCCCC1=O. The first kappa shape index (κ1) is 51.9. The van der Waals surface area contributed by atoms with Crippen LogP contribution in [0.2, 0.25) is 10.0 Å². The quantitative estimate of drug-likeness (QED) is 0.0638. The number of benzene rings is 2. The van der Waals surface area contributed by atoms with Gasteiger partial charge in [0.15, 0.2) is 11.6 Å². The van der Waals surface area contributed by atoms with Gasteiger partial charge in [-0.3, -0.25) is 29.4 Å². The van der Waals surface area contributed by atoms with Crippen molar-refractivity contribution in [1.82, 2.24) is 19.8 Å². The summed E-state index contributed by atoms with van der Waals surface area (Å²) in [6.07, 6.45) is 8.92. The number of carbonyl (C=O) groups is 6. The fraction of sp³-hybridized carbons (Fsp3) is 0.364. The van der Waals surface area contributed by atoms with E-state index in [9.17, 15) is 28.8 Å². The van der Waals surface area contributed by atoms with Gasteiger partial charge in [0.05, 0.1) is 11.1 Å². The topological polar surface area (TPSA) is 172 Å². The Bertz CT molecular complexity index is 1970. The Labute approximate surface area is 398 Å². The number of amides is 2. The Hall–Kier alpha value is -4.40. The van der Waals surface area contributed by atoms with Crippen molar-refractivity contribution in [2.24, 2.45) is 0 Å². The molecule has 0 aliphatic heterocycles. The highest BCUT2D eigenvalue weighted by Crippen LogP contribution is 2.44. The second-order valence-electron chi connectivity index (χ2n) is 13.5. The molecule has 62 heavy (non-hydrogen) atoms. The molecular weight excluding hydrogens is 1070 g/mol. The first-order valence-corrected chi connectivity index (χ1v) is 24.3. The van der Waals surface area contributed by atoms with Crippen molar-refractivity contribution in [2.45, 2.75) is 62.4 Å². The lowest BCUT2D eigenvalue weighted by atomic mass is 9.74. The lowest BCUT2D eigenvalue weighted by Crippen LogP contribution is -2.54. The summed E-state index contributed by atoms with van der Waals surface area (Å²) in [5.41, 5.74) is -0.691. The third-order valence-corrected chi connectivity index (χ3v) is 10.9. The number of nitrogens with zero attached hydrogens (tertiary/aromatic N) is 4. The summed E-state index contributed by atoms with van der Waals surface area (Å²) in [4.78, 5) is 89.4. The second-order valence-corrected chi connectivity index (χ2v) is 14.3. The zero-order valence-electron chi connectivity index (χ0n) is 34.7. The minimum absolute atomic E-state index is 0.0925. The highest BCUT2D eigenvalue weighted by molar-refractivity contribution is 14.1. The molecule has 2 saturated carbocycles. The molecule has 0 unspecified atom stereocenters. The Kier molecular flexibility index (Phi) is 22.0. The van der Waals surface area contributed by atoms with Crippen molar-refractivity contribution in [2.75, 3.05) is 37.5 Å². The number of ether oxygens (including phenoxy) is 4. The standard InChI is InChI=1S/2C21H21ClN2O5.2CH3I/c2*1-24(20(27)29-14-28-19(26)15-9-12-23-13-10-15)21(11-5-4-8-18(21)25)16-6-2-3-7-17(16)22;2*1-2/h2*2-3,6-7,9-10,12-13H,4-5,8,11,14H2,1H3;2*1H3/t2*21-;;/m10../s1. The van der Waals surface area contributed by atoms with Crippen LogP contribution in [0.5, 0.6) is 0 Å². The Morgan fingerprint density at radius 1 is 0.565 bits per heavy atom. The number of carbonyl (C=O) groups excluding carboxylic acids is 6. The highest BCUT2D eigenvalue weighted by Gasteiger charge is 2.50. The van der Waals surface area contributed by atoms with Crippen LogP contribution < -0.4 is 0 Å². The molecule has 2 atom stereocenters. The molecule has 18 heteroatoms. The number of hydrogen-bond donors (Lipinski definition) is 0. The Morgan fingerprint density at radius 2 is 0.903 bits per heavy atom. The average molecular weight is 1120 g/mol. The molecule has 0 radical (unpaired) electrons. The van der Waals surface area contributed by atoms with Crippen LogP contribution in [0.4, 0.5) is 9.59 Å². The molecule has 0 saturated heterocycles. The summed E-state index contributed by atoms with van der Waals surface area (Å²) in [6.45, 7) is -1.14. The minimum atomic E-state index is -1.21. The van der Waals surface area contributed by atoms with Crippen LogP contribution in [-0.2, 0) is 39.6 Å². The van der Waals surface area contributed by atoms with Crippen molar-refractivity contribution in [3.8, 4) is 0 Å². The largest absolute Gasteiger partial charge is 0.424 e. The van der Waals surface area contributed by atoms with Gasteiger partial charge in [-0.2, -0.15) is 0 Å². The summed E-state index contributed by atoms with van der Waals surface area (Å²) in [6, 6.07) is 19.9. The lowest BCUT2D eigenvalue weighted by Gasteiger charge is -2.43. The molecule has 0 N–H and O–H groups in total. The number of Topliss-reactive ketones (excluding diaryl/α,β-unsaturated/α-hetero) is 2. The van der Waals surface area contributed by atoms with Gasteiger partial charge >= 0.3 is 24.1 Å². The maximum absolute atomic E-state index is 13.0. The van der Waals surface area contributed by atoms with Crippen molar-refractivity contribution in [3.05, 3.63) is 130 Å². The predicted molar refractivity (Wildman–Crippen MR) is 251 cm³/mol. The van der Waals surface area contributed by atoms with Crippen LogP contribution in [-0.4, -0.2) is 93.0 Å². The van der Waals surface area contributed by atoms with E-state index in [2.05, 4.69) is 55.1 Å². The van der Waals surface area contributed by atoms with Crippen molar-refractivity contribution < 1.29 is 47.7 Å². The normalized spacial score (nSPS) is 17.7. The summed E-state index contributed by atoms with van der Waals surface area (Å²) >= 11 is 17.0. The first-order chi connectivity index (χ1) is 29.9. The van der Waals surface area contributed by atoms with Crippen molar-refractivity contribution in [3.63, 3.8) is 0 Å². The number of likely N-dealkylation sites (N-methyl/N-ethyl adjacent to an activating group) is 2. The third kappa shape index (κ3) is 12.8. The van der Waals surface area contributed by atoms with Gasteiger partial charge in [0.1, 0.15) is 11.1 Å². The summed E-state index contributed by atoms with van der Waals surface area (Å²) in [7, 11) is 3.00. The fourth-order valence-corrected chi connectivity index (χ4v) is 7.76.